The van der Waals surface area contributed by atoms with Gasteiger partial charge in [0.2, 0.25) is 11.8 Å². The Bertz CT molecular complexity index is 1260. The Morgan fingerprint density at radius 2 is 1.83 bits per heavy atom. The average Bonchev–Trinajstić information content (AvgIpc) is 3.59. The van der Waals surface area contributed by atoms with Gasteiger partial charge in [-0.2, -0.15) is 0 Å². The Hall–Kier alpha value is -3.01. The summed E-state index contributed by atoms with van der Waals surface area (Å²) in [7, 11) is 0. The van der Waals surface area contributed by atoms with Gasteiger partial charge < -0.3 is 15.5 Å². The van der Waals surface area contributed by atoms with Gasteiger partial charge in [0, 0.05) is 33.6 Å². The number of carbonyl (C=O) groups is 3. The summed E-state index contributed by atoms with van der Waals surface area (Å²) in [6.45, 7) is 0.274. The van der Waals surface area contributed by atoms with Gasteiger partial charge >= 0.3 is 0 Å². The monoisotopic (exact) mass is 548 g/mol. The summed E-state index contributed by atoms with van der Waals surface area (Å²) in [5.41, 5.74) is 1.74. The summed E-state index contributed by atoms with van der Waals surface area (Å²) in [6.07, 6.45) is 2.27. The van der Waals surface area contributed by atoms with Crippen LogP contribution in [-0.4, -0.2) is 46.7 Å². The maximum Gasteiger partial charge on any atom is 0.254 e. The number of nitrogens with one attached hydrogen (secondary N) is 2. The van der Waals surface area contributed by atoms with E-state index in [9.17, 15) is 18.8 Å². The van der Waals surface area contributed by atoms with Gasteiger partial charge in [-0.05, 0) is 61.2 Å². The second-order valence-electron chi connectivity index (χ2n) is 8.38. The van der Waals surface area contributed by atoms with Crippen molar-refractivity contribution in [3.8, 4) is 0 Å². The zero-order chi connectivity index (χ0) is 25.7. The molecule has 4 rings (SSSR count). The van der Waals surface area contributed by atoms with Gasteiger partial charge in [0.15, 0.2) is 5.13 Å². The molecule has 0 unspecified atom stereocenters. The molecule has 11 heteroatoms. The van der Waals surface area contributed by atoms with Crippen molar-refractivity contribution in [1.29, 1.82) is 0 Å². The van der Waals surface area contributed by atoms with E-state index in [1.807, 2.05) is 6.07 Å². The molecule has 1 fully saturated rings. The van der Waals surface area contributed by atoms with E-state index in [4.69, 9.17) is 23.2 Å². The first-order valence-electron chi connectivity index (χ1n) is 11.3. The molecular weight excluding hydrogens is 526 g/mol. The van der Waals surface area contributed by atoms with Crippen LogP contribution < -0.4 is 10.6 Å². The molecule has 7 nitrogen and oxygen atoms in total. The standard InChI is InChI=1S/C25H23Cl2FN4O3S/c26-17-4-1-15(21(27)11-17)9-10-29-22(33)12-19-14-36-25(30-19)31-23(34)13-32(20-7-8-20)24(35)16-2-5-18(28)6-3-16/h1-6,11,14,20H,7-10,12-13H2,(H,29,33)(H,30,31,34). The molecule has 0 spiro atoms. The molecule has 1 aromatic heterocycles. The van der Waals surface area contributed by atoms with E-state index in [1.165, 1.54) is 40.5 Å². The van der Waals surface area contributed by atoms with Crippen LogP contribution >= 0.6 is 34.5 Å². The van der Waals surface area contributed by atoms with Gasteiger partial charge in [-0.15, -0.1) is 11.3 Å². The van der Waals surface area contributed by atoms with Gasteiger partial charge in [0.1, 0.15) is 12.4 Å². The van der Waals surface area contributed by atoms with Crippen LogP contribution in [0.5, 0.6) is 0 Å². The SMILES string of the molecule is O=C(Cc1csc(NC(=O)CN(C(=O)c2ccc(F)cc2)C2CC2)n1)NCCc1ccc(Cl)cc1Cl. The number of anilines is 1. The largest absolute Gasteiger partial charge is 0.355 e. The predicted molar refractivity (Wildman–Crippen MR) is 138 cm³/mol. The van der Waals surface area contributed by atoms with Crippen LogP contribution in [0.3, 0.4) is 0 Å². The van der Waals surface area contributed by atoms with Crippen LogP contribution in [0.25, 0.3) is 0 Å². The summed E-state index contributed by atoms with van der Waals surface area (Å²) < 4.78 is 13.2. The molecule has 0 atom stereocenters. The highest BCUT2D eigenvalue weighted by Gasteiger charge is 2.34. The third-order valence-electron chi connectivity index (χ3n) is 5.53. The van der Waals surface area contributed by atoms with Crippen LogP contribution in [-0.2, 0) is 22.4 Å². The Morgan fingerprint density at radius 3 is 2.53 bits per heavy atom. The van der Waals surface area contributed by atoms with Crippen molar-refractivity contribution in [1.82, 2.24) is 15.2 Å². The van der Waals surface area contributed by atoms with Crippen LogP contribution in [0.15, 0.2) is 47.8 Å². The fourth-order valence-electron chi connectivity index (χ4n) is 3.56. The molecule has 0 radical (unpaired) electrons. The number of hydrogen-bond acceptors (Lipinski definition) is 5. The molecule has 1 saturated carbocycles. The zero-order valence-electron chi connectivity index (χ0n) is 19.1. The quantitative estimate of drug-likeness (QED) is 0.383. The van der Waals surface area contributed by atoms with Crippen molar-refractivity contribution in [3.63, 3.8) is 0 Å². The van der Waals surface area contributed by atoms with E-state index >= 15 is 0 Å². The molecular formula is C25H23Cl2FN4O3S. The Balaban J connectivity index is 1.25. The number of nitrogens with zero attached hydrogens (tertiary/aromatic N) is 2. The molecule has 3 amide bonds. The van der Waals surface area contributed by atoms with Gasteiger partial charge in [-0.25, -0.2) is 9.37 Å². The highest BCUT2D eigenvalue weighted by Crippen LogP contribution is 2.28. The third kappa shape index (κ3) is 7.25. The molecule has 0 aliphatic heterocycles. The van der Waals surface area contributed by atoms with E-state index in [0.29, 0.717) is 39.4 Å². The molecule has 0 saturated heterocycles. The number of carbonyl (C=O) groups excluding carboxylic acids is 3. The average molecular weight is 549 g/mol. The minimum absolute atomic E-state index is 0.00777. The Kier molecular flexibility index (Phi) is 8.56. The lowest BCUT2D eigenvalue weighted by Crippen LogP contribution is -2.39. The molecule has 0 bridgehead atoms. The number of rotatable bonds is 10. The zero-order valence-corrected chi connectivity index (χ0v) is 21.4. The summed E-state index contributed by atoms with van der Waals surface area (Å²) >= 11 is 13.2. The van der Waals surface area contributed by atoms with Gasteiger partial charge in [-0.1, -0.05) is 29.3 Å². The number of thiazole rings is 1. The fourth-order valence-corrected chi connectivity index (χ4v) is 4.79. The van der Waals surface area contributed by atoms with Crippen molar-refractivity contribution in [2.75, 3.05) is 18.4 Å². The predicted octanol–water partition coefficient (Wildman–Crippen LogP) is 4.73. The lowest BCUT2D eigenvalue weighted by molar-refractivity contribution is -0.120. The summed E-state index contributed by atoms with van der Waals surface area (Å²) in [6, 6.07) is 10.5. The van der Waals surface area contributed by atoms with E-state index in [1.54, 1.807) is 17.5 Å². The Labute approximate surface area is 221 Å². The number of amides is 3. The van der Waals surface area contributed by atoms with Gasteiger partial charge in [0.05, 0.1) is 12.1 Å². The molecule has 3 aromatic rings. The number of benzene rings is 2. The first kappa shape index (κ1) is 26.1. The van der Waals surface area contributed by atoms with Crippen LogP contribution in [0.4, 0.5) is 9.52 Å². The maximum absolute atomic E-state index is 13.2. The lowest BCUT2D eigenvalue weighted by Gasteiger charge is -2.21. The topological polar surface area (TPSA) is 91.4 Å². The van der Waals surface area contributed by atoms with Gasteiger partial charge in [0.25, 0.3) is 5.91 Å². The van der Waals surface area contributed by atoms with E-state index in [0.717, 1.165) is 18.4 Å². The number of hydrogen-bond donors (Lipinski definition) is 2. The number of aromatic nitrogens is 1. The highest BCUT2D eigenvalue weighted by molar-refractivity contribution is 7.13. The summed E-state index contributed by atoms with van der Waals surface area (Å²) in [4.78, 5) is 43.5. The smallest absolute Gasteiger partial charge is 0.254 e. The van der Waals surface area contributed by atoms with Crippen molar-refractivity contribution in [2.45, 2.75) is 31.7 Å². The summed E-state index contributed by atoms with van der Waals surface area (Å²) in [5.74, 6) is -1.33. The Morgan fingerprint density at radius 1 is 1.08 bits per heavy atom. The molecule has 36 heavy (non-hydrogen) atoms. The van der Waals surface area contributed by atoms with Gasteiger partial charge in [-0.3, -0.25) is 14.4 Å². The van der Waals surface area contributed by atoms with Crippen molar-refractivity contribution in [3.05, 3.63) is 80.5 Å². The molecule has 2 N–H and O–H groups in total. The van der Waals surface area contributed by atoms with Crippen LogP contribution in [0.2, 0.25) is 10.0 Å². The molecule has 1 heterocycles. The van der Waals surface area contributed by atoms with Crippen LogP contribution in [0, 0.1) is 5.82 Å². The maximum atomic E-state index is 13.2. The highest BCUT2D eigenvalue weighted by atomic mass is 35.5. The molecule has 1 aliphatic rings. The van der Waals surface area contributed by atoms with E-state index in [-0.39, 0.29) is 36.7 Å². The van der Waals surface area contributed by atoms with Crippen molar-refractivity contribution >= 4 is 57.4 Å². The second kappa shape index (κ2) is 11.8. The number of halogens is 3. The van der Waals surface area contributed by atoms with E-state index in [2.05, 4.69) is 15.6 Å². The first-order chi connectivity index (χ1) is 17.3. The molecule has 1 aliphatic carbocycles. The van der Waals surface area contributed by atoms with Crippen LogP contribution in [0.1, 0.15) is 34.5 Å². The lowest BCUT2D eigenvalue weighted by atomic mass is 10.1. The summed E-state index contributed by atoms with van der Waals surface area (Å²) in [5, 5.41) is 8.68. The minimum Gasteiger partial charge on any atom is -0.355 e. The van der Waals surface area contributed by atoms with Crippen molar-refractivity contribution in [2.24, 2.45) is 0 Å². The second-order valence-corrected chi connectivity index (χ2v) is 10.1. The van der Waals surface area contributed by atoms with E-state index < -0.39 is 5.82 Å². The fraction of sp³-hybridized carbons (Fsp3) is 0.280. The normalized spacial score (nSPS) is 12.8. The third-order valence-corrected chi connectivity index (χ3v) is 6.92. The molecule has 188 valence electrons. The first-order valence-corrected chi connectivity index (χ1v) is 12.9. The minimum atomic E-state index is -0.429. The molecule has 2 aromatic carbocycles. The van der Waals surface area contributed by atoms with Crippen molar-refractivity contribution < 1.29 is 18.8 Å².